The minimum atomic E-state index is -1.15. The Morgan fingerprint density at radius 3 is 2.38 bits per heavy atom. The lowest BCUT2D eigenvalue weighted by atomic mass is 10.2. The summed E-state index contributed by atoms with van der Waals surface area (Å²) in [6, 6.07) is 0. The molecule has 0 unspecified atom stereocenters. The van der Waals surface area contributed by atoms with Gasteiger partial charge in [0.15, 0.2) is 5.12 Å². The number of aliphatic carboxylic acids is 1. The molecule has 1 N–H and O–H groups in total. The van der Waals surface area contributed by atoms with Gasteiger partial charge in [-0.1, -0.05) is 18.7 Å². The van der Waals surface area contributed by atoms with Gasteiger partial charge in [-0.2, -0.15) is 0 Å². The summed E-state index contributed by atoms with van der Waals surface area (Å²) in [6.45, 7) is 4.43. The van der Waals surface area contributed by atoms with Crippen LogP contribution >= 0.6 is 11.8 Å². The van der Waals surface area contributed by atoms with Crippen LogP contribution in [0.2, 0.25) is 0 Å². The van der Waals surface area contributed by atoms with Crippen molar-refractivity contribution in [2.75, 3.05) is 25.4 Å². The maximum atomic E-state index is 12.1. The largest absolute Gasteiger partial charge is 0.480 e. The van der Waals surface area contributed by atoms with Crippen LogP contribution in [0.3, 0.4) is 0 Å². The number of hydrogen-bond acceptors (Lipinski definition) is 6. The lowest BCUT2D eigenvalue weighted by molar-refractivity contribution is -0.148. The molecule has 0 rings (SSSR count). The second-order valence-electron chi connectivity index (χ2n) is 4.41. The summed E-state index contributed by atoms with van der Waals surface area (Å²) in [7, 11) is 0. The number of ether oxygens (including phenoxy) is 1. The van der Waals surface area contributed by atoms with Gasteiger partial charge in [-0.05, 0) is 6.92 Å². The fourth-order valence-corrected chi connectivity index (χ4v) is 2.14. The number of carboxylic acids is 1. The van der Waals surface area contributed by atoms with Crippen LogP contribution in [-0.4, -0.2) is 58.4 Å². The lowest BCUT2D eigenvalue weighted by Crippen LogP contribution is -2.41. The molecule has 7 nitrogen and oxygen atoms in total. The van der Waals surface area contributed by atoms with E-state index in [1.54, 1.807) is 13.8 Å². The number of carbonyl (C=O) groups is 4. The van der Waals surface area contributed by atoms with Gasteiger partial charge in [-0.3, -0.25) is 19.2 Å². The molecule has 0 aromatic rings. The summed E-state index contributed by atoms with van der Waals surface area (Å²) >= 11 is 1.01. The third-order valence-corrected chi connectivity index (χ3v) is 3.56. The predicted octanol–water partition coefficient (Wildman–Crippen LogP) is 0.769. The van der Waals surface area contributed by atoms with Crippen LogP contribution in [0, 0.1) is 5.92 Å². The van der Waals surface area contributed by atoms with Crippen LogP contribution in [-0.2, 0) is 23.9 Å². The van der Waals surface area contributed by atoms with Crippen LogP contribution in [0.4, 0.5) is 0 Å². The molecule has 1 atom stereocenters. The third kappa shape index (κ3) is 9.06. The topological polar surface area (TPSA) is 101 Å². The van der Waals surface area contributed by atoms with Gasteiger partial charge in [0.25, 0.3) is 0 Å². The quantitative estimate of drug-likeness (QED) is 0.626. The maximum Gasteiger partial charge on any atom is 0.323 e. The summed E-state index contributed by atoms with van der Waals surface area (Å²) < 4.78 is 4.74. The predicted molar refractivity (Wildman–Crippen MR) is 77.8 cm³/mol. The average molecular weight is 319 g/mol. The Morgan fingerprint density at radius 2 is 1.90 bits per heavy atom. The van der Waals surface area contributed by atoms with E-state index in [1.165, 1.54) is 6.92 Å². The molecule has 0 aromatic heterocycles. The highest BCUT2D eigenvalue weighted by Crippen LogP contribution is 2.12. The molecule has 0 fully saturated rings. The lowest BCUT2D eigenvalue weighted by Gasteiger charge is -2.23. The molecule has 0 aliphatic carbocycles. The molecule has 0 aliphatic rings. The first-order chi connectivity index (χ1) is 9.77. The zero-order valence-electron chi connectivity index (χ0n) is 12.5. The van der Waals surface area contributed by atoms with Crippen molar-refractivity contribution in [3.63, 3.8) is 0 Å². The summed E-state index contributed by atoms with van der Waals surface area (Å²) in [6.07, 6.45) is -0.0561. The number of carboxylic acid groups (broad SMARTS) is 1. The molecule has 0 spiro atoms. The highest BCUT2D eigenvalue weighted by atomic mass is 32.2. The first kappa shape index (κ1) is 19.4. The fraction of sp³-hybridized carbons (Fsp3) is 0.692. The highest BCUT2D eigenvalue weighted by Gasteiger charge is 2.23. The van der Waals surface area contributed by atoms with Gasteiger partial charge in [0.2, 0.25) is 5.91 Å². The van der Waals surface area contributed by atoms with E-state index in [2.05, 4.69) is 0 Å². The molecule has 120 valence electrons. The molecule has 0 bridgehead atoms. The Hall–Kier alpha value is -1.57. The van der Waals surface area contributed by atoms with E-state index in [-0.39, 0.29) is 30.4 Å². The van der Waals surface area contributed by atoms with Crippen LogP contribution in [0.1, 0.15) is 27.2 Å². The molecule has 0 radical (unpaired) electrons. The summed E-state index contributed by atoms with van der Waals surface area (Å²) in [4.78, 5) is 46.2. The number of rotatable bonds is 9. The van der Waals surface area contributed by atoms with Crippen molar-refractivity contribution < 1.29 is 29.0 Å². The van der Waals surface area contributed by atoms with Crippen molar-refractivity contribution in [2.45, 2.75) is 27.2 Å². The SMILES string of the molecule is CCOC(=O)CCN(CC(=O)O)C(=O)[C@H](C)CSC(C)=O. The Labute approximate surface area is 128 Å². The molecule has 0 aliphatic heterocycles. The molecular formula is C13H21NO6S. The maximum absolute atomic E-state index is 12.1. The highest BCUT2D eigenvalue weighted by molar-refractivity contribution is 8.13. The van der Waals surface area contributed by atoms with Crippen LogP contribution in [0.5, 0.6) is 0 Å². The second-order valence-corrected chi connectivity index (χ2v) is 5.61. The standard InChI is InChI=1S/C13H21NO6S/c1-4-20-12(18)5-6-14(7-11(16)17)13(19)9(2)8-21-10(3)15/h9H,4-8H2,1-3H3,(H,16,17)/t9-/m1/s1. The molecular weight excluding hydrogens is 298 g/mol. The van der Waals surface area contributed by atoms with E-state index in [9.17, 15) is 19.2 Å². The van der Waals surface area contributed by atoms with Crippen LogP contribution < -0.4 is 0 Å². The zero-order valence-corrected chi connectivity index (χ0v) is 13.3. The van der Waals surface area contributed by atoms with Gasteiger partial charge >= 0.3 is 11.9 Å². The van der Waals surface area contributed by atoms with Crippen molar-refractivity contribution in [3.8, 4) is 0 Å². The summed E-state index contributed by atoms with van der Waals surface area (Å²) in [5, 5.41) is 8.73. The Morgan fingerprint density at radius 1 is 1.29 bits per heavy atom. The van der Waals surface area contributed by atoms with E-state index in [0.29, 0.717) is 0 Å². The van der Waals surface area contributed by atoms with Crippen molar-refractivity contribution in [1.82, 2.24) is 4.90 Å². The zero-order chi connectivity index (χ0) is 16.4. The molecule has 8 heteroatoms. The number of thioether (sulfide) groups is 1. The van der Waals surface area contributed by atoms with Crippen molar-refractivity contribution >= 4 is 34.7 Å². The first-order valence-corrected chi connectivity index (χ1v) is 7.56. The third-order valence-electron chi connectivity index (χ3n) is 2.49. The number of carbonyl (C=O) groups excluding carboxylic acids is 3. The van der Waals surface area contributed by atoms with E-state index in [1.807, 2.05) is 0 Å². The van der Waals surface area contributed by atoms with E-state index >= 15 is 0 Å². The van der Waals surface area contributed by atoms with Crippen LogP contribution in [0.15, 0.2) is 0 Å². The molecule has 21 heavy (non-hydrogen) atoms. The Bertz CT molecular complexity index is 398. The van der Waals surface area contributed by atoms with Gasteiger partial charge in [0, 0.05) is 25.1 Å². The number of nitrogens with zero attached hydrogens (tertiary/aromatic N) is 1. The van der Waals surface area contributed by atoms with Crippen molar-refractivity contribution in [1.29, 1.82) is 0 Å². The van der Waals surface area contributed by atoms with E-state index in [4.69, 9.17) is 9.84 Å². The number of hydrogen-bond donors (Lipinski definition) is 1. The molecule has 1 amide bonds. The minimum absolute atomic E-state index is 0.0148. The van der Waals surface area contributed by atoms with Gasteiger partial charge in [0.1, 0.15) is 6.54 Å². The molecule has 0 aromatic carbocycles. The molecule has 0 saturated carbocycles. The minimum Gasteiger partial charge on any atom is -0.480 e. The monoisotopic (exact) mass is 319 g/mol. The first-order valence-electron chi connectivity index (χ1n) is 6.57. The van der Waals surface area contributed by atoms with Crippen molar-refractivity contribution in [2.24, 2.45) is 5.92 Å². The number of esters is 1. The summed E-state index contributed by atoms with van der Waals surface area (Å²) in [5.41, 5.74) is 0. The summed E-state index contributed by atoms with van der Waals surface area (Å²) in [5.74, 6) is -2.25. The van der Waals surface area contributed by atoms with E-state index < -0.39 is 30.3 Å². The molecule has 0 heterocycles. The normalized spacial score (nSPS) is 11.6. The number of amides is 1. The fourth-order valence-electron chi connectivity index (χ4n) is 1.52. The van der Waals surface area contributed by atoms with Gasteiger partial charge in [0.05, 0.1) is 13.0 Å². The Kier molecular flexibility index (Phi) is 9.44. The molecule has 0 saturated heterocycles. The van der Waals surface area contributed by atoms with Gasteiger partial charge in [-0.25, -0.2) is 0 Å². The second kappa shape index (κ2) is 10.2. The van der Waals surface area contributed by atoms with Crippen molar-refractivity contribution in [3.05, 3.63) is 0 Å². The van der Waals surface area contributed by atoms with Gasteiger partial charge < -0.3 is 14.7 Å². The van der Waals surface area contributed by atoms with Crippen LogP contribution in [0.25, 0.3) is 0 Å². The van der Waals surface area contributed by atoms with E-state index in [0.717, 1.165) is 16.7 Å². The smallest absolute Gasteiger partial charge is 0.323 e. The van der Waals surface area contributed by atoms with Gasteiger partial charge in [-0.15, -0.1) is 0 Å². The average Bonchev–Trinajstić information content (AvgIpc) is 2.39. The Balaban J connectivity index is 4.57.